The van der Waals surface area contributed by atoms with Crippen LogP contribution in [0.25, 0.3) is 0 Å². The number of aliphatic hydroxyl groups excluding tert-OH is 1. The van der Waals surface area contributed by atoms with Gasteiger partial charge in [-0.1, -0.05) is 14.4 Å². The molecule has 0 saturated heterocycles. The predicted molar refractivity (Wildman–Crippen MR) is 69.8 cm³/mol. The van der Waals surface area contributed by atoms with Crippen molar-refractivity contribution in [1.29, 1.82) is 0 Å². The summed E-state index contributed by atoms with van der Waals surface area (Å²) in [4.78, 5) is 3.46. The monoisotopic (exact) mass is 258 g/mol. The van der Waals surface area contributed by atoms with E-state index in [1.54, 1.807) is 13.2 Å². The summed E-state index contributed by atoms with van der Waals surface area (Å²) in [7, 11) is 1.64. The zero-order valence-electron chi connectivity index (χ0n) is 10.2. The molecule has 5 heteroatoms. The van der Waals surface area contributed by atoms with Crippen molar-refractivity contribution < 1.29 is 14.2 Å². The number of hydrogen-bond donors (Lipinski definition) is 2. The maximum atomic E-state index is 12.9. The van der Waals surface area contributed by atoms with Crippen LogP contribution in [0.4, 0.5) is 4.39 Å². The predicted octanol–water partition coefficient (Wildman–Crippen LogP) is 1.76. The van der Waals surface area contributed by atoms with Gasteiger partial charge in [0.1, 0.15) is 0 Å². The Bertz CT molecular complexity index is 337. The first-order valence-corrected chi connectivity index (χ1v) is 5.64. The molecule has 2 N–H and O–H groups in total. The third-order valence-electron chi connectivity index (χ3n) is 2.58. The Morgan fingerprint density at radius 3 is 2.89 bits per heavy atom. The zero-order valence-corrected chi connectivity index (χ0v) is 10.2. The molecular weight excluding hydrogens is 235 g/mol. The van der Waals surface area contributed by atoms with Crippen LogP contribution in [0.5, 0.6) is 0 Å². The van der Waals surface area contributed by atoms with Crippen LogP contribution in [0, 0.1) is 11.9 Å². The molecule has 0 spiro atoms. The van der Waals surface area contributed by atoms with Crippen molar-refractivity contribution in [2.75, 3.05) is 26.8 Å². The maximum Gasteiger partial charge on any atom is 0.213 e. The Hall–Kier alpha value is -1.04. The van der Waals surface area contributed by atoms with E-state index in [1.807, 2.05) is 6.92 Å². The summed E-state index contributed by atoms with van der Waals surface area (Å²) >= 11 is 0. The fourth-order valence-corrected chi connectivity index (χ4v) is 1.55. The third kappa shape index (κ3) is 5.53. The lowest BCUT2D eigenvalue weighted by atomic mass is 9.98. The van der Waals surface area contributed by atoms with Crippen molar-refractivity contribution >= 4 is 0 Å². The Morgan fingerprint density at radius 2 is 2.28 bits per heavy atom. The number of rotatable bonds is 7. The van der Waals surface area contributed by atoms with Crippen LogP contribution in [-0.4, -0.2) is 36.9 Å². The van der Waals surface area contributed by atoms with Crippen LogP contribution in [0.1, 0.15) is 26.0 Å². The second-order valence-electron chi connectivity index (χ2n) is 4.03. The van der Waals surface area contributed by atoms with Gasteiger partial charge in [0.05, 0.1) is 12.7 Å². The first-order chi connectivity index (χ1) is 8.15. The maximum absolute atomic E-state index is 12.9. The van der Waals surface area contributed by atoms with Gasteiger partial charge in [-0.15, -0.1) is 0 Å². The highest BCUT2D eigenvalue weighted by Crippen LogP contribution is 2.20. The third-order valence-corrected chi connectivity index (χ3v) is 2.58. The molecule has 1 aromatic rings. The molecule has 0 saturated carbocycles. The summed E-state index contributed by atoms with van der Waals surface area (Å²) in [6.07, 6.45) is 0.668. The fraction of sp³-hybridized carbons (Fsp3) is 0.615. The highest BCUT2D eigenvalue weighted by Gasteiger charge is 2.16. The molecule has 0 aliphatic rings. The highest BCUT2D eigenvalue weighted by atomic mass is 19.1. The van der Waals surface area contributed by atoms with E-state index in [4.69, 9.17) is 4.74 Å². The number of aliphatic hydroxyl groups is 1. The van der Waals surface area contributed by atoms with Gasteiger partial charge in [0, 0.05) is 26.4 Å². The molecular formula is C13H23FN2O2. The minimum Gasteiger partial charge on any atom is -0.388 e. The van der Waals surface area contributed by atoms with Gasteiger partial charge in [-0.05, 0) is 23.6 Å². The minimum absolute atomic E-state index is 0. The molecule has 18 heavy (non-hydrogen) atoms. The second-order valence-corrected chi connectivity index (χ2v) is 4.03. The number of methoxy groups -OCH3 is 1. The standard InChI is InChI=1S/C12H19FN2O2.CH4/c1-9(8-14-5-6-17-2)12(16)10-3-4-15-11(13)7-10;/h3-4,7,9,12,14,16H,5-6,8H2,1-2H3;1H4/t9?,12-;/m1./s1. The summed E-state index contributed by atoms with van der Waals surface area (Å²) in [5.74, 6) is -0.574. The van der Waals surface area contributed by atoms with Crippen molar-refractivity contribution in [2.24, 2.45) is 5.92 Å². The van der Waals surface area contributed by atoms with Gasteiger partial charge in [0.15, 0.2) is 0 Å². The van der Waals surface area contributed by atoms with Crippen LogP contribution in [0.15, 0.2) is 18.3 Å². The number of aromatic nitrogens is 1. The van der Waals surface area contributed by atoms with Crippen LogP contribution in [-0.2, 0) is 4.74 Å². The molecule has 4 nitrogen and oxygen atoms in total. The van der Waals surface area contributed by atoms with E-state index in [2.05, 4.69) is 10.3 Å². The lowest BCUT2D eigenvalue weighted by Crippen LogP contribution is -2.28. The van der Waals surface area contributed by atoms with E-state index in [1.165, 1.54) is 12.3 Å². The number of pyridine rings is 1. The van der Waals surface area contributed by atoms with Crippen LogP contribution >= 0.6 is 0 Å². The molecule has 0 aliphatic heterocycles. The molecule has 0 aliphatic carbocycles. The van der Waals surface area contributed by atoms with E-state index in [0.717, 1.165) is 6.54 Å². The average molecular weight is 258 g/mol. The van der Waals surface area contributed by atoms with Crippen molar-refractivity contribution in [3.8, 4) is 0 Å². The molecule has 1 heterocycles. The number of nitrogens with one attached hydrogen (secondary N) is 1. The van der Waals surface area contributed by atoms with Crippen molar-refractivity contribution in [2.45, 2.75) is 20.5 Å². The smallest absolute Gasteiger partial charge is 0.213 e. The van der Waals surface area contributed by atoms with Crippen molar-refractivity contribution in [3.63, 3.8) is 0 Å². The second kappa shape index (κ2) is 8.97. The van der Waals surface area contributed by atoms with E-state index in [-0.39, 0.29) is 13.3 Å². The van der Waals surface area contributed by atoms with Gasteiger partial charge in [-0.25, -0.2) is 4.98 Å². The molecule has 0 aromatic carbocycles. The zero-order chi connectivity index (χ0) is 12.7. The molecule has 0 amide bonds. The number of halogens is 1. The largest absolute Gasteiger partial charge is 0.388 e. The molecule has 1 rings (SSSR count). The number of nitrogens with zero attached hydrogens (tertiary/aromatic N) is 1. The lowest BCUT2D eigenvalue weighted by Gasteiger charge is -2.19. The van der Waals surface area contributed by atoms with Crippen LogP contribution in [0.3, 0.4) is 0 Å². The summed E-state index contributed by atoms with van der Waals surface area (Å²) in [5, 5.41) is 13.2. The van der Waals surface area contributed by atoms with Gasteiger partial charge in [0.2, 0.25) is 5.95 Å². The van der Waals surface area contributed by atoms with Gasteiger partial charge in [-0.3, -0.25) is 0 Å². The first kappa shape index (κ1) is 17.0. The van der Waals surface area contributed by atoms with Crippen molar-refractivity contribution in [1.82, 2.24) is 10.3 Å². The molecule has 0 bridgehead atoms. The summed E-state index contributed by atoms with van der Waals surface area (Å²) in [6, 6.07) is 2.88. The van der Waals surface area contributed by atoms with Gasteiger partial charge < -0.3 is 15.2 Å². The molecule has 1 unspecified atom stereocenters. The molecule has 2 atom stereocenters. The quantitative estimate of drug-likeness (QED) is 0.578. The Labute approximate surface area is 108 Å². The van der Waals surface area contributed by atoms with E-state index < -0.39 is 12.1 Å². The molecule has 1 aromatic heterocycles. The number of ether oxygens (including phenoxy) is 1. The average Bonchev–Trinajstić information content (AvgIpc) is 2.33. The van der Waals surface area contributed by atoms with E-state index in [0.29, 0.717) is 18.7 Å². The van der Waals surface area contributed by atoms with Crippen molar-refractivity contribution in [3.05, 3.63) is 29.8 Å². The lowest BCUT2D eigenvalue weighted by molar-refractivity contribution is 0.114. The summed E-state index contributed by atoms with van der Waals surface area (Å²) in [6.45, 7) is 3.92. The van der Waals surface area contributed by atoms with Crippen LogP contribution in [0.2, 0.25) is 0 Å². The molecule has 0 radical (unpaired) electrons. The normalized spacial score (nSPS) is 13.8. The summed E-state index contributed by atoms with van der Waals surface area (Å²) in [5.41, 5.74) is 0.554. The molecule has 0 fully saturated rings. The Balaban J connectivity index is 0.00000289. The van der Waals surface area contributed by atoms with Gasteiger partial charge in [0.25, 0.3) is 0 Å². The highest BCUT2D eigenvalue weighted by molar-refractivity contribution is 5.14. The van der Waals surface area contributed by atoms with Gasteiger partial charge in [-0.2, -0.15) is 4.39 Å². The number of hydrogen-bond acceptors (Lipinski definition) is 4. The summed E-state index contributed by atoms with van der Waals surface area (Å²) < 4.78 is 17.8. The Morgan fingerprint density at radius 1 is 1.56 bits per heavy atom. The Kier molecular flexibility index (Phi) is 8.45. The minimum atomic E-state index is -0.692. The SMILES string of the molecule is C.COCCNCC(C)[C@@H](O)c1ccnc(F)c1. The van der Waals surface area contributed by atoms with E-state index >= 15 is 0 Å². The van der Waals surface area contributed by atoms with Crippen LogP contribution < -0.4 is 5.32 Å². The first-order valence-electron chi connectivity index (χ1n) is 5.64. The molecule has 104 valence electrons. The van der Waals surface area contributed by atoms with E-state index in [9.17, 15) is 9.50 Å². The fourth-order valence-electron chi connectivity index (χ4n) is 1.55. The van der Waals surface area contributed by atoms with Gasteiger partial charge >= 0.3 is 0 Å². The topological polar surface area (TPSA) is 54.4 Å².